The van der Waals surface area contributed by atoms with Gasteiger partial charge in [-0.1, -0.05) is 29.9 Å². The lowest BCUT2D eigenvalue weighted by atomic mass is 9.97. The molecule has 2 aliphatic rings. The van der Waals surface area contributed by atoms with Gasteiger partial charge in [-0.3, -0.25) is 14.7 Å². The van der Waals surface area contributed by atoms with Gasteiger partial charge in [-0.25, -0.2) is 9.78 Å². The molecule has 2 aromatic rings. The van der Waals surface area contributed by atoms with Crippen molar-refractivity contribution in [3.05, 3.63) is 33.4 Å². The van der Waals surface area contributed by atoms with Gasteiger partial charge >= 0.3 is 6.03 Å². The molecule has 4 rings (SSSR count). The first-order valence-corrected chi connectivity index (χ1v) is 11.6. The number of carbonyl (C=O) groups excluding carboxylic acids is 1. The SMILES string of the molecule is Cc1c(NC(=O)NCCC2=CCCCC2)sc2nc3n(c(=O)c12)CC[C@H](C)CC3. The molecule has 0 aromatic carbocycles. The van der Waals surface area contributed by atoms with Crippen LogP contribution in [0.25, 0.3) is 10.2 Å². The van der Waals surface area contributed by atoms with Gasteiger partial charge in [-0.15, -0.1) is 0 Å². The maximum absolute atomic E-state index is 13.1. The van der Waals surface area contributed by atoms with Crippen molar-refractivity contribution in [2.45, 2.75) is 71.8 Å². The highest BCUT2D eigenvalue weighted by Gasteiger charge is 2.21. The Morgan fingerprint density at radius 3 is 2.97 bits per heavy atom. The van der Waals surface area contributed by atoms with Crippen molar-refractivity contribution in [2.24, 2.45) is 5.92 Å². The first-order chi connectivity index (χ1) is 14.0. The normalized spacial score (nSPS) is 19.4. The third kappa shape index (κ3) is 4.39. The van der Waals surface area contributed by atoms with Crippen LogP contribution in [-0.4, -0.2) is 22.1 Å². The Hall–Kier alpha value is -2.15. The van der Waals surface area contributed by atoms with Crippen molar-refractivity contribution in [3.63, 3.8) is 0 Å². The molecule has 0 bridgehead atoms. The van der Waals surface area contributed by atoms with E-state index in [0.717, 1.165) is 61.3 Å². The Labute approximate surface area is 175 Å². The largest absolute Gasteiger partial charge is 0.338 e. The lowest BCUT2D eigenvalue weighted by Gasteiger charge is -2.13. The zero-order valence-electron chi connectivity index (χ0n) is 17.3. The second-order valence-electron chi connectivity index (χ2n) is 8.39. The van der Waals surface area contributed by atoms with E-state index in [2.05, 4.69) is 23.6 Å². The maximum Gasteiger partial charge on any atom is 0.319 e. The highest BCUT2D eigenvalue weighted by molar-refractivity contribution is 7.22. The number of nitrogens with one attached hydrogen (secondary N) is 2. The number of thiophene rings is 1. The predicted octanol–water partition coefficient (Wildman–Crippen LogP) is 4.75. The van der Waals surface area contributed by atoms with Gasteiger partial charge in [0, 0.05) is 19.5 Å². The number of carbonyl (C=O) groups is 1. The van der Waals surface area contributed by atoms with E-state index in [-0.39, 0.29) is 11.6 Å². The summed E-state index contributed by atoms with van der Waals surface area (Å²) in [7, 11) is 0. The molecule has 156 valence electrons. The van der Waals surface area contributed by atoms with E-state index in [1.807, 2.05) is 11.5 Å². The summed E-state index contributed by atoms with van der Waals surface area (Å²) in [6.07, 6.45) is 11.0. The van der Waals surface area contributed by atoms with Crippen molar-refractivity contribution in [3.8, 4) is 0 Å². The Bertz CT molecular complexity index is 1000. The lowest BCUT2D eigenvalue weighted by molar-refractivity contribution is 0.252. The second-order valence-corrected chi connectivity index (χ2v) is 9.39. The summed E-state index contributed by atoms with van der Waals surface area (Å²) >= 11 is 1.40. The molecule has 0 radical (unpaired) electrons. The minimum Gasteiger partial charge on any atom is -0.338 e. The van der Waals surface area contributed by atoms with Crippen LogP contribution >= 0.6 is 11.3 Å². The number of fused-ring (bicyclic) bond motifs is 2. The lowest BCUT2D eigenvalue weighted by Crippen LogP contribution is -2.29. The van der Waals surface area contributed by atoms with Gasteiger partial charge in [0.1, 0.15) is 15.7 Å². The molecule has 0 saturated carbocycles. The third-order valence-corrected chi connectivity index (χ3v) is 7.28. The van der Waals surface area contributed by atoms with Crippen LogP contribution in [0.5, 0.6) is 0 Å². The Morgan fingerprint density at radius 1 is 1.31 bits per heavy atom. The van der Waals surface area contributed by atoms with E-state index in [1.165, 1.54) is 29.8 Å². The average molecular weight is 415 g/mol. The average Bonchev–Trinajstić information content (AvgIpc) is 2.88. The van der Waals surface area contributed by atoms with Gasteiger partial charge in [0.2, 0.25) is 0 Å². The topological polar surface area (TPSA) is 76.0 Å². The highest BCUT2D eigenvalue weighted by Crippen LogP contribution is 2.33. The molecule has 6 nitrogen and oxygen atoms in total. The van der Waals surface area contributed by atoms with Crippen molar-refractivity contribution < 1.29 is 4.79 Å². The fourth-order valence-corrected chi connectivity index (χ4v) is 5.37. The summed E-state index contributed by atoms with van der Waals surface area (Å²) in [6, 6.07) is -0.216. The van der Waals surface area contributed by atoms with Gasteiger partial charge < -0.3 is 5.32 Å². The summed E-state index contributed by atoms with van der Waals surface area (Å²) in [6.45, 7) is 5.49. The minimum atomic E-state index is -0.216. The highest BCUT2D eigenvalue weighted by atomic mass is 32.1. The van der Waals surface area contributed by atoms with E-state index >= 15 is 0 Å². The summed E-state index contributed by atoms with van der Waals surface area (Å²) in [5.74, 6) is 1.49. The fraction of sp³-hybridized carbons (Fsp3) is 0.591. The minimum absolute atomic E-state index is 0.0329. The monoisotopic (exact) mass is 414 g/mol. The van der Waals surface area contributed by atoms with Crippen molar-refractivity contribution in [1.29, 1.82) is 0 Å². The van der Waals surface area contributed by atoms with Gasteiger partial charge in [0.25, 0.3) is 5.56 Å². The van der Waals surface area contributed by atoms with Gasteiger partial charge in [0.05, 0.1) is 5.39 Å². The number of hydrogen-bond acceptors (Lipinski definition) is 4. The zero-order chi connectivity index (χ0) is 20.4. The number of allylic oxidation sites excluding steroid dienone is 1. The quantitative estimate of drug-likeness (QED) is 0.709. The van der Waals surface area contributed by atoms with E-state index < -0.39 is 0 Å². The van der Waals surface area contributed by atoms with Crippen molar-refractivity contribution in [2.75, 3.05) is 11.9 Å². The molecule has 2 N–H and O–H groups in total. The molecule has 7 heteroatoms. The van der Waals surface area contributed by atoms with Crippen LogP contribution in [0.3, 0.4) is 0 Å². The van der Waals surface area contributed by atoms with Crippen molar-refractivity contribution >= 4 is 32.6 Å². The number of aryl methyl sites for hydroxylation is 2. The molecular weight excluding hydrogens is 384 g/mol. The van der Waals surface area contributed by atoms with Crippen molar-refractivity contribution in [1.82, 2.24) is 14.9 Å². The van der Waals surface area contributed by atoms with Crippen LogP contribution in [0.2, 0.25) is 0 Å². The number of rotatable bonds is 4. The van der Waals surface area contributed by atoms with E-state index in [1.54, 1.807) is 0 Å². The summed E-state index contributed by atoms with van der Waals surface area (Å²) < 4.78 is 1.84. The first kappa shape index (κ1) is 20.1. The number of hydrogen-bond donors (Lipinski definition) is 2. The van der Waals surface area contributed by atoms with Crippen LogP contribution in [0.1, 0.15) is 63.3 Å². The molecule has 0 unspecified atom stereocenters. The summed E-state index contributed by atoms with van der Waals surface area (Å²) in [5, 5.41) is 7.25. The third-order valence-electron chi connectivity index (χ3n) is 6.18. The smallest absolute Gasteiger partial charge is 0.319 e. The molecule has 29 heavy (non-hydrogen) atoms. The van der Waals surface area contributed by atoms with E-state index in [9.17, 15) is 9.59 Å². The van der Waals surface area contributed by atoms with Crippen LogP contribution in [0, 0.1) is 12.8 Å². The fourth-order valence-electron chi connectivity index (χ4n) is 4.28. The number of nitrogens with zero attached hydrogens (tertiary/aromatic N) is 2. The molecule has 3 heterocycles. The van der Waals surface area contributed by atoms with E-state index in [4.69, 9.17) is 4.98 Å². The molecular formula is C22H30N4O2S. The molecule has 0 saturated heterocycles. The Kier molecular flexibility index (Phi) is 6.04. The van der Waals surface area contributed by atoms with Gasteiger partial charge in [-0.05, 0) is 63.4 Å². The first-order valence-electron chi connectivity index (χ1n) is 10.8. The standard InChI is InChI=1S/C22H30N4O2S/c1-14-8-9-17-24-20-18(21(27)26(17)13-11-14)15(2)19(29-20)25-22(28)23-12-10-16-6-4-3-5-7-16/h6,14H,3-5,7-13H2,1-2H3,(H2,23,25,28)/t14-/m1/s1. The van der Waals surface area contributed by atoms with Crippen LogP contribution in [0.4, 0.5) is 9.80 Å². The molecule has 1 aliphatic heterocycles. The van der Waals surface area contributed by atoms with E-state index in [0.29, 0.717) is 22.8 Å². The number of aromatic nitrogens is 2. The van der Waals surface area contributed by atoms with Crippen LogP contribution in [-0.2, 0) is 13.0 Å². The molecule has 1 aliphatic carbocycles. The second kappa shape index (κ2) is 8.69. The van der Waals surface area contributed by atoms with Crippen LogP contribution < -0.4 is 16.2 Å². The van der Waals surface area contributed by atoms with Crippen LogP contribution in [0.15, 0.2) is 16.4 Å². The van der Waals surface area contributed by atoms with Gasteiger partial charge in [0.15, 0.2) is 0 Å². The molecule has 2 aromatic heterocycles. The zero-order valence-corrected chi connectivity index (χ0v) is 18.2. The summed E-state index contributed by atoms with van der Waals surface area (Å²) in [4.78, 5) is 31.0. The Balaban J connectivity index is 1.47. The summed E-state index contributed by atoms with van der Waals surface area (Å²) in [5.41, 5.74) is 2.30. The number of urea groups is 1. The molecule has 0 fully saturated rings. The Morgan fingerprint density at radius 2 is 2.17 bits per heavy atom. The predicted molar refractivity (Wildman–Crippen MR) is 119 cm³/mol. The number of anilines is 1. The maximum atomic E-state index is 13.1. The van der Waals surface area contributed by atoms with Gasteiger partial charge in [-0.2, -0.15) is 0 Å². The molecule has 1 atom stereocenters. The number of amides is 2. The molecule has 2 amide bonds. The molecule has 0 spiro atoms.